The largest absolute Gasteiger partial charge is 0.354 e. The summed E-state index contributed by atoms with van der Waals surface area (Å²) in [6.07, 6.45) is -0.486. The number of carbonyl (C=O) groups is 1. The van der Waals surface area contributed by atoms with Gasteiger partial charge in [-0.1, -0.05) is 0 Å². The third-order valence-electron chi connectivity index (χ3n) is 3.00. The van der Waals surface area contributed by atoms with E-state index < -0.39 is 0 Å². The summed E-state index contributed by atoms with van der Waals surface area (Å²) in [6, 6.07) is 7.54. The number of hydrogen-bond acceptors (Lipinski definition) is 4. The van der Waals surface area contributed by atoms with Crippen molar-refractivity contribution in [3.05, 3.63) is 30.0 Å². The van der Waals surface area contributed by atoms with E-state index in [0.717, 1.165) is 22.3 Å². The van der Waals surface area contributed by atoms with E-state index >= 15 is 0 Å². The molecule has 1 aliphatic rings. The Morgan fingerprint density at radius 2 is 2.21 bits per heavy atom. The van der Waals surface area contributed by atoms with Crippen LogP contribution in [-0.2, 0) is 14.3 Å². The van der Waals surface area contributed by atoms with Gasteiger partial charge in [0.15, 0.2) is 6.29 Å². The summed E-state index contributed by atoms with van der Waals surface area (Å²) in [5.74, 6) is -0.213. The summed E-state index contributed by atoms with van der Waals surface area (Å²) in [4.78, 5) is 14.5. The number of aromatic nitrogens is 1. The molecule has 1 aromatic carbocycles. The SMILES string of the molecule is CC1OC(c2cc3cc(NC(=O)CN)ccc3[nH]2)O1. The number of anilines is 1. The molecule has 2 aromatic rings. The lowest BCUT2D eigenvalue weighted by atomic mass is 10.2. The minimum atomic E-state index is -0.329. The van der Waals surface area contributed by atoms with Gasteiger partial charge < -0.3 is 25.5 Å². The number of nitrogens with two attached hydrogens (primary N) is 1. The first-order chi connectivity index (χ1) is 9.15. The van der Waals surface area contributed by atoms with Crippen LogP contribution < -0.4 is 11.1 Å². The van der Waals surface area contributed by atoms with Gasteiger partial charge in [0, 0.05) is 16.6 Å². The monoisotopic (exact) mass is 261 g/mol. The first kappa shape index (κ1) is 12.2. The number of nitrogens with one attached hydrogen (secondary N) is 2. The predicted octanol–water partition coefficient (Wildman–Crippen LogP) is 1.46. The van der Waals surface area contributed by atoms with Crippen LogP contribution in [0.1, 0.15) is 18.9 Å². The van der Waals surface area contributed by atoms with Gasteiger partial charge in [0.2, 0.25) is 12.2 Å². The van der Waals surface area contributed by atoms with E-state index in [1.54, 1.807) is 0 Å². The number of H-pyrrole nitrogens is 1. The lowest BCUT2D eigenvalue weighted by Gasteiger charge is -2.32. The number of amides is 1. The van der Waals surface area contributed by atoms with E-state index in [4.69, 9.17) is 15.2 Å². The highest BCUT2D eigenvalue weighted by Gasteiger charge is 2.29. The average molecular weight is 261 g/mol. The van der Waals surface area contributed by atoms with Crippen LogP contribution in [0.4, 0.5) is 5.69 Å². The van der Waals surface area contributed by atoms with Crippen molar-refractivity contribution in [3.63, 3.8) is 0 Å². The highest BCUT2D eigenvalue weighted by atomic mass is 16.9. The van der Waals surface area contributed by atoms with Gasteiger partial charge in [-0.3, -0.25) is 4.79 Å². The smallest absolute Gasteiger partial charge is 0.238 e. The maximum Gasteiger partial charge on any atom is 0.238 e. The lowest BCUT2D eigenvalue weighted by molar-refractivity contribution is -0.383. The van der Waals surface area contributed by atoms with E-state index in [2.05, 4.69) is 10.3 Å². The Bertz CT molecular complexity index is 617. The molecule has 2 heterocycles. The van der Waals surface area contributed by atoms with E-state index in [9.17, 15) is 4.79 Å². The molecule has 100 valence electrons. The molecule has 1 fully saturated rings. The van der Waals surface area contributed by atoms with Crippen LogP contribution in [0, 0.1) is 0 Å². The highest BCUT2D eigenvalue weighted by molar-refractivity contribution is 5.94. The molecule has 1 saturated heterocycles. The molecule has 19 heavy (non-hydrogen) atoms. The van der Waals surface area contributed by atoms with Crippen LogP contribution in [0.3, 0.4) is 0 Å². The van der Waals surface area contributed by atoms with E-state index in [1.807, 2.05) is 31.2 Å². The predicted molar refractivity (Wildman–Crippen MR) is 70.4 cm³/mol. The van der Waals surface area contributed by atoms with E-state index in [1.165, 1.54) is 0 Å². The van der Waals surface area contributed by atoms with Gasteiger partial charge in [0.25, 0.3) is 0 Å². The minimum absolute atomic E-state index is 0.0297. The third kappa shape index (κ3) is 2.33. The summed E-state index contributed by atoms with van der Waals surface area (Å²) in [5, 5.41) is 3.70. The normalized spacial score (nSPS) is 22.2. The Kier molecular flexibility index (Phi) is 2.98. The van der Waals surface area contributed by atoms with Crippen molar-refractivity contribution in [2.75, 3.05) is 11.9 Å². The van der Waals surface area contributed by atoms with Gasteiger partial charge in [-0.2, -0.15) is 0 Å². The lowest BCUT2D eigenvalue weighted by Crippen LogP contribution is -2.31. The van der Waals surface area contributed by atoms with Crippen LogP contribution in [0.25, 0.3) is 10.9 Å². The highest BCUT2D eigenvalue weighted by Crippen LogP contribution is 2.33. The number of aromatic amines is 1. The van der Waals surface area contributed by atoms with Crippen LogP contribution in [0.15, 0.2) is 24.3 Å². The van der Waals surface area contributed by atoms with Gasteiger partial charge in [-0.15, -0.1) is 0 Å². The number of fused-ring (bicyclic) bond motifs is 1. The standard InChI is InChI=1S/C13H15N3O3/c1-7-18-13(19-7)11-5-8-4-9(15-12(17)6-14)2-3-10(8)16-11/h2-5,7,13,16H,6,14H2,1H3,(H,15,17). The van der Waals surface area contributed by atoms with Gasteiger partial charge >= 0.3 is 0 Å². The molecular weight excluding hydrogens is 246 g/mol. The number of hydrogen-bond donors (Lipinski definition) is 3. The molecule has 6 heteroatoms. The minimum Gasteiger partial charge on any atom is -0.354 e. The van der Waals surface area contributed by atoms with Crippen molar-refractivity contribution in [3.8, 4) is 0 Å². The van der Waals surface area contributed by atoms with Gasteiger partial charge in [0.05, 0.1) is 12.2 Å². The zero-order valence-corrected chi connectivity index (χ0v) is 10.5. The first-order valence-electron chi connectivity index (χ1n) is 6.09. The second-order valence-corrected chi connectivity index (χ2v) is 4.45. The molecule has 0 unspecified atom stereocenters. The molecule has 0 spiro atoms. The molecule has 0 bridgehead atoms. The average Bonchev–Trinajstić information content (AvgIpc) is 2.77. The van der Waals surface area contributed by atoms with Crippen molar-refractivity contribution in [2.24, 2.45) is 5.73 Å². The van der Waals surface area contributed by atoms with E-state index in [0.29, 0.717) is 0 Å². The van der Waals surface area contributed by atoms with Crippen LogP contribution in [0.2, 0.25) is 0 Å². The van der Waals surface area contributed by atoms with Gasteiger partial charge in [-0.25, -0.2) is 0 Å². The van der Waals surface area contributed by atoms with Crippen molar-refractivity contribution >= 4 is 22.5 Å². The molecule has 3 rings (SSSR count). The fourth-order valence-corrected chi connectivity index (χ4v) is 2.08. The maximum absolute atomic E-state index is 11.2. The zero-order valence-electron chi connectivity index (χ0n) is 10.5. The van der Waals surface area contributed by atoms with Gasteiger partial charge in [-0.05, 0) is 31.2 Å². The van der Waals surface area contributed by atoms with Crippen molar-refractivity contribution in [1.82, 2.24) is 4.98 Å². The second kappa shape index (κ2) is 4.65. The van der Waals surface area contributed by atoms with E-state index in [-0.39, 0.29) is 25.0 Å². The molecule has 0 saturated carbocycles. The van der Waals surface area contributed by atoms with Crippen LogP contribution in [-0.4, -0.2) is 23.7 Å². The Morgan fingerprint density at radius 3 is 2.89 bits per heavy atom. The second-order valence-electron chi connectivity index (χ2n) is 4.45. The fraction of sp³-hybridized carbons (Fsp3) is 0.308. The molecule has 1 amide bonds. The summed E-state index contributed by atoms with van der Waals surface area (Å²) in [5.41, 5.74) is 7.82. The van der Waals surface area contributed by atoms with Crippen molar-refractivity contribution in [1.29, 1.82) is 0 Å². The van der Waals surface area contributed by atoms with Crippen molar-refractivity contribution in [2.45, 2.75) is 19.5 Å². The fourth-order valence-electron chi connectivity index (χ4n) is 2.08. The summed E-state index contributed by atoms with van der Waals surface area (Å²) in [7, 11) is 0. The van der Waals surface area contributed by atoms with Crippen LogP contribution in [0.5, 0.6) is 0 Å². The summed E-state index contributed by atoms with van der Waals surface area (Å²) < 4.78 is 10.9. The van der Waals surface area contributed by atoms with Gasteiger partial charge in [0.1, 0.15) is 0 Å². The molecule has 4 N–H and O–H groups in total. The van der Waals surface area contributed by atoms with Crippen molar-refractivity contribution < 1.29 is 14.3 Å². The Labute approximate surface area is 109 Å². The topological polar surface area (TPSA) is 89.4 Å². The first-order valence-corrected chi connectivity index (χ1v) is 6.09. The molecule has 6 nitrogen and oxygen atoms in total. The Balaban J connectivity index is 1.84. The number of carbonyl (C=O) groups excluding carboxylic acids is 1. The molecule has 1 aliphatic heterocycles. The molecule has 0 aliphatic carbocycles. The maximum atomic E-state index is 11.2. The Hall–Kier alpha value is -1.89. The quantitative estimate of drug-likeness (QED) is 0.780. The third-order valence-corrected chi connectivity index (χ3v) is 3.00. The zero-order chi connectivity index (χ0) is 13.4. The number of benzene rings is 1. The molecule has 1 aromatic heterocycles. The Morgan fingerprint density at radius 1 is 1.42 bits per heavy atom. The molecular formula is C13H15N3O3. The number of ether oxygens (including phenoxy) is 2. The molecule has 0 radical (unpaired) electrons. The summed E-state index contributed by atoms with van der Waals surface area (Å²) in [6.45, 7) is 1.82. The van der Waals surface area contributed by atoms with Crippen LogP contribution >= 0.6 is 0 Å². The summed E-state index contributed by atoms with van der Waals surface area (Å²) >= 11 is 0. The molecule has 0 atom stereocenters. The number of rotatable bonds is 3.